The minimum atomic E-state index is -0.719. The molecule has 1 aliphatic heterocycles. The molecule has 0 amide bonds. The van der Waals surface area contributed by atoms with Crippen molar-refractivity contribution in [3.8, 4) is 23.0 Å². The van der Waals surface area contributed by atoms with Crippen molar-refractivity contribution in [2.24, 2.45) is 0 Å². The van der Waals surface area contributed by atoms with Gasteiger partial charge in [-0.3, -0.25) is 4.90 Å². The highest BCUT2D eigenvalue weighted by Crippen LogP contribution is 2.29. The molecule has 3 aromatic rings. The van der Waals surface area contributed by atoms with Gasteiger partial charge < -0.3 is 24.8 Å². The van der Waals surface area contributed by atoms with Crippen LogP contribution < -0.4 is 9.47 Å². The Bertz CT molecular complexity index is 983. The fourth-order valence-electron chi connectivity index (χ4n) is 4.20. The molecule has 3 N–H and O–H groups in total. The first-order valence-corrected chi connectivity index (χ1v) is 11.4. The van der Waals surface area contributed by atoms with Gasteiger partial charge in [0, 0.05) is 25.9 Å². The lowest BCUT2D eigenvalue weighted by atomic mass is 9.85. The largest absolute Gasteiger partial charge is 0.508 e. The number of hydrogen-bond donors (Lipinski definition) is 3. The second-order valence-electron chi connectivity index (χ2n) is 8.62. The Morgan fingerprint density at radius 2 is 1.36 bits per heavy atom. The van der Waals surface area contributed by atoms with Gasteiger partial charge in [0.2, 0.25) is 0 Å². The van der Waals surface area contributed by atoms with Crippen LogP contribution in [0.25, 0.3) is 0 Å². The van der Waals surface area contributed by atoms with Crippen LogP contribution in [0.3, 0.4) is 0 Å². The van der Waals surface area contributed by atoms with Gasteiger partial charge in [-0.1, -0.05) is 30.3 Å². The number of likely N-dealkylation sites (tertiary alicyclic amines) is 1. The number of aliphatic hydroxyl groups is 1. The summed E-state index contributed by atoms with van der Waals surface area (Å²) < 4.78 is 12.1. The van der Waals surface area contributed by atoms with Crippen LogP contribution in [0.15, 0.2) is 78.9 Å². The third-order valence-corrected chi connectivity index (χ3v) is 6.09. The Labute approximate surface area is 194 Å². The van der Waals surface area contributed by atoms with Crippen molar-refractivity contribution in [2.75, 3.05) is 19.7 Å². The number of ether oxygens (including phenoxy) is 2. The van der Waals surface area contributed by atoms with E-state index in [2.05, 4.69) is 17.0 Å². The van der Waals surface area contributed by atoms with Gasteiger partial charge in [0.25, 0.3) is 0 Å². The molecule has 0 bridgehead atoms. The second-order valence-corrected chi connectivity index (χ2v) is 8.62. The number of rotatable bonds is 9. The first kappa shape index (κ1) is 23.0. The molecule has 3 aromatic carbocycles. The summed E-state index contributed by atoms with van der Waals surface area (Å²) in [5.74, 6) is 1.75. The molecule has 0 saturated carbocycles. The molecule has 0 radical (unpaired) electrons. The quantitative estimate of drug-likeness (QED) is 0.451. The molecule has 0 spiro atoms. The fraction of sp³-hybridized carbons (Fsp3) is 0.333. The summed E-state index contributed by atoms with van der Waals surface area (Å²) in [6, 6.07) is 23.5. The molecule has 4 rings (SSSR count). The number of benzene rings is 3. The van der Waals surface area contributed by atoms with Crippen LogP contribution in [0, 0.1) is 0 Å². The highest BCUT2D eigenvalue weighted by atomic mass is 16.5. The second kappa shape index (κ2) is 10.6. The maximum atomic E-state index is 11.2. The SMILES string of the molecule is Oc1ccc(OCCC(Oc2ccc(O)cc2)N2CCC(O)(Cc3ccccc3)CC2)cc1. The molecule has 1 fully saturated rings. The third-order valence-electron chi connectivity index (χ3n) is 6.09. The molecule has 0 aliphatic carbocycles. The summed E-state index contributed by atoms with van der Waals surface area (Å²) in [7, 11) is 0. The van der Waals surface area contributed by atoms with Crippen molar-refractivity contribution in [3.63, 3.8) is 0 Å². The van der Waals surface area contributed by atoms with Crippen molar-refractivity contribution in [1.29, 1.82) is 0 Å². The van der Waals surface area contributed by atoms with E-state index >= 15 is 0 Å². The molecule has 174 valence electrons. The lowest BCUT2D eigenvalue weighted by Gasteiger charge is -2.41. The predicted molar refractivity (Wildman–Crippen MR) is 127 cm³/mol. The van der Waals surface area contributed by atoms with Gasteiger partial charge in [-0.2, -0.15) is 0 Å². The summed E-state index contributed by atoms with van der Waals surface area (Å²) in [6.45, 7) is 1.87. The van der Waals surface area contributed by atoms with Crippen molar-refractivity contribution in [3.05, 3.63) is 84.4 Å². The molecule has 6 heteroatoms. The lowest BCUT2D eigenvalue weighted by Crippen LogP contribution is -2.51. The van der Waals surface area contributed by atoms with Crippen LogP contribution in [0.5, 0.6) is 23.0 Å². The zero-order chi connectivity index (χ0) is 23.1. The predicted octanol–water partition coefficient (Wildman–Crippen LogP) is 4.34. The van der Waals surface area contributed by atoms with Crippen molar-refractivity contribution < 1.29 is 24.8 Å². The molecular weight excluding hydrogens is 418 g/mol. The molecule has 1 unspecified atom stereocenters. The first-order chi connectivity index (χ1) is 16.0. The Kier molecular flexibility index (Phi) is 7.37. The fourth-order valence-corrected chi connectivity index (χ4v) is 4.20. The Morgan fingerprint density at radius 1 is 0.788 bits per heavy atom. The zero-order valence-corrected chi connectivity index (χ0v) is 18.6. The standard InChI is InChI=1S/C27H31NO5/c29-22-6-10-24(11-7-22)32-19-14-26(33-25-12-8-23(30)9-13-25)28-17-15-27(31,16-18-28)20-21-4-2-1-3-5-21/h1-13,26,29-31H,14-20H2. The molecule has 1 saturated heterocycles. The molecule has 1 atom stereocenters. The minimum absolute atomic E-state index is 0.193. The summed E-state index contributed by atoms with van der Waals surface area (Å²) in [5, 5.41) is 30.2. The molecule has 33 heavy (non-hydrogen) atoms. The normalized spacial score (nSPS) is 16.8. The summed E-state index contributed by atoms with van der Waals surface area (Å²) in [6.07, 6.45) is 2.37. The topological polar surface area (TPSA) is 82.4 Å². The van der Waals surface area contributed by atoms with E-state index in [9.17, 15) is 15.3 Å². The number of aromatic hydroxyl groups is 2. The van der Waals surface area contributed by atoms with Crippen LogP contribution in [0.1, 0.15) is 24.8 Å². The molecule has 0 aromatic heterocycles. The maximum absolute atomic E-state index is 11.2. The third kappa shape index (κ3) is 6.63. The van der Waals surface area contributed by atoms with Gasteiger partial charge in [0.15, 0.2) is 6.23 Å². The van der Waals surface area contributed by atoms with Crippen molar-refractivity contribution >= 4 is 0 Å². The lowest BCUT2D eigenvalue weighted by molar-refractivity contribution is -0.0691. The maximum Gasteiger partial charge on any atom is 0.155 e. The average molecular weight is 450 g/mol. The van der Waals surface area contributed by atoms with Gasteiger partial charge in [-0.05, 0) is 66.9 Å². The highest BCUT2D eigenvalue weighted by Gasteiger charge is 2.35. The van der Waals surface area contributed by atoms with Crippen LogP contribution in [-0.2, 0) is 6.42 Å². The van der Waals surface area contributed by atoms with E-state index in [1.54, 1.807) is 48.5 Å². The first-order valence-electron chi connectivity index (χ1n) is 11.4. The van der Waals surface area contributed by atoms with Gasteiger partial charge in [-0.15, -0.1) is 0 Å². The van der Waals surface area contributed by atoms with Gasteiger partial charge in [0.1, 0.15) is 23.0 Å². The Hall–Kier alpha value is -3.22. The molecular formula is C27H31NO5. The molecule has 1 heterocycles. The highest BCUT2D eigenvalue weighted by molar-refractivity contribution is 5.31. The number of nitrogens with zero attached hydrogens (tertiary/aromatic N) is 1. The number of phenolic OH excluding ortho intramolecular Hbond substituents is 2. The van der Waals surface area contributed by atoms with Crippen LogP contribution >= 0.6 is 0 Å². The average Bonchev–Trinajstić information content (AvgIpc) is 2.82. The van der Waals surface area contributed by atoms with E-state index in [-0.39, 0.29) is 17.7 Å². The number of piperidine rings is 1. The van der Waals surface area contributed by atoms with Crippen molar-refractivity contribution in [1.82, 2.24) is 4.90 Å². The van der Waals surface area contributed by atoms with E-state index in [0.717, 1.165) is 5.56 Å². The Morgan fingerprint density at radius 3 is 1.97 bits per heavy atom. The monoisotopic (exact) mass is 449 g/mol. The summed E-state index contributed by atoms with van der Waals surface area (Å²) >= 11 is 0. The van der Waals surface area contributed by atoms with E-state index in [1.807, 2.05) is 18.2 Å². The van der Waals surface area contributed by atoms with Crippen molar-refractivity contribution in [2.45, 2.75) is 37.5 Å². The van der Waals surface area contributed by atoms with E-state index < -0.39 is 5.60 Å². The summed E-state index contributed by atoms with van der Waals surface area (Å²) in [4.78, 5) is 2.24. The molecule has 6 nitrogen and oxygen atoms in total. The minimum Gasteiger partial charge on any atom is -0.508 e. The van der Waals surface area contributed by atoms with Crippen LogP contribution in [0.2, 0.25) is 0 Å². The van der Waals surface area contributed by atoms with Gasteiger partial charge in [0.05, 0.1) is 12.2 Å². The van der Waals surface area contributed by atoms with Gasteiger partial charge in [-0.25, -0.2) is 0 Å². The van der Waals surface area contributed by atoms with Gasteiger partial charge >= 0.3 is 0 Å². The van der Waals surface area contributed by atoms with Crippen LogP contribution in [-0.4, -0.2) is 51.7 Å². The van der Waals surface area contributed by atoms with E-state index in [1.165, 1.54) is 0 Å². The molecule has 1 aliphatic rings. The Balaban J connectivity index is 1.38. The number of phenols is 2. The van der Waals surface area contributed by atoms with E-state index in [4.69, 9.17) is 9.47 Å². The number of hydrogen-bond acceptors (Lipinski definition) is 6. The summed E-state index contributed by atoms with van der Waals surface area (Å²) in [5.41, 5.74) is 0.427. The zero-order valence-electron chi connectivity index (χ0n) is 18.6. The van der Waals surface area contributed by atoms with Crippen LogP contribution in [0.4, 0.5) is 0 Å². The smallest absolute Gasteiger partial charge is 0.155 e. The van der Waals surface area contributed by atoms with E-state index in [0.29, 0.717) is 56.9 Å².